The summed E-state index contributed by atoms with van der Waals surface area (Å²) in [5.41, 5.74) is 5.61. The Morgan fingerprint density at radius 2 is 1.90 bits per heavy atom. The molecule has 1 atom stereocenters. The number of halogens is 2. The third kappa shape index (κ3) is 2.92. The van der Waals surface area contributed by atoms with E-state index in [4.69, 9.17) is 17.3 Å². The molecule has 1 unspecified atom stereocenters. The van der Waals surface area contributed by atoms with E-state index in [-0.39, 0.29) is 5.41 Å². The maximum atomic E-state index is 11.3. The Labute approximate surface area is 134 Å². The van der Waals surface area contributed by atoms with Crippen molar-refractivity contribution in [1.29, 1.82) is 0 Å². The van der Waals surface area contributed by atoms with Gasteiger partial charge in [0.25, 0.3) is 0 Å². The molecular formula is C16H23BrClNO. The van der Waals surface area contributed by atoms with Crippen LogP contribution in [0.25, 0.3) is 0 Å². The molecule has 0 saturated heterocycles. The molecule has 1 fully saturated rings. The standard InChI is InChI=1S/C16H23BrClNO/c1-15(20,13-7-6-12(17)10-14(13)18)16(11-19)8-4-2-3-5-9-16/h6-7,10,20H,2-5,8-9,11,19H2,1H3. The molecule has 1 aromatic rings. The van der Waals surface area contributed by atoms with Crippen LogP contribution < -0.4 is 5.73 Å². The van der Waals surface area contributed by atoms with Crippen LogP contribution in [0.1, 0.15) is 51.0 Å². The largest absolute Gasteiger partial charge is 0.385 e. The topological polar surface area (TPSA) is 46.2 Å². The Hall–Kier alpha value is -0.0900. The smallest absolute Gasteiger partial charge is 0.0950 e. The van der Waals surface area contributed by atoms with Gasteiger partial charge < -0.3 is 10.8 Å². The highest BCUT2D eigenvalue weighted by molar-refractivity contribution is 9.10. The van der Waals surface area contributed by atoms with Crippen LogP contribution in [0.2, 0.25) is 5.02 Å². The van der Waals surface area contributed by atoms with Crippen molar-refractivity contribution in [2.75, 3.05) is 6.54 Å². The molecule has 0 aromatic heterocycles. The Bertz CT molecular complexity index is 468. The Morgan fingerprint density at radius 3 is 2.40 bits per heavy atom. The van der Waals surface area contributed by atoms with Gasteiger partial charge in [0.2, 0.25) is 0 Å². The van der Waals surface area contributed by atoms with Gasteiger partial charge in [0.1, 0.15) is 0 Å². The number of aliphatic hydroxyl groups is 1. The molecule has 112 valence electrons. The lowest BCUT2D eigenvalue weighted by Gasteiger charge is -2.45. The zero-order valence-electron chi connectivity index (χ0n) is 12.0. The lowest BCUT2D eigenvalue weighted by atomic mass is 9.65. The van der Waals surface area contributed by atoms with Gasteiger partial charge in [0, 0.05) is 27.0 Å². The van der Waals surface area contributed by atoms with Gasteiger partial charge in [0.05, 0.1) is 5.60 Å². The zero-order chi connectivity index (χ0) is 14.8. The van der Waals surface area contributed by atoms with Crippen LogP contribution >= 0.6 is 27.5 Å². The van der Waals surface area contributed by atoms with Crippen molar-refractivity contribution < 1.29 is 5.11 Å². The molecule has 0 heterocycles. The van der Waals surface area contributed by atoms with Gasteiger partial charge in [-0.2, -0.15) is 0 Å². The predicted molar refractivity (Wildman–Crippen MR) is 87.9 cm³/mol. The van der Waals surface area contributed by atoms with E-state index in [0.29, 0.717) is 11.6 Å². The van der Waals surface area contributed by atoms with Crippen molar-refractivity contribution in [2.24, 2.45) is 11.1 Å². The van der Waals surface area contributed by atoms with Crippen molar-refractivity contribution in [2.45, 2.75) is 51.0 Å². The molecule has 0 aliphatic heterocycles. The third-order valence-corrected chi connectivity index (χ3v) is 5.75. The van der Waals surface area contributed by atoms with Crippen LogP contribution in [0.3, 0.4) is 0 Å². The van der Waals surface area contributed by atoms with E-state index < -0.39 is 5.60 Å². The van der Waals surface area contributed by atoms with Gasteiger partial charge in [-0.15, -0.1) is 0 Å². The fourth-order valence-corrected chi connectivity index (χ4v) is 4.32. The summed E-state index contributed by atoms with van der Waals surface area (Å²) in [6, 6.07) is 5.68. The molecule has 0 amide bonds. The summed E-state index contributed by atoms with van der Waals surface area (Å²) in [4.78, 5) is 0. The van der Waals surface area contributed by atoms with Crippen molar-refractivity contribution in [3.05, 3.63) is 33.3 Å². The van der Waals surface area contributed by atoms with Crippen LogP contribution in [-0.2, 0) is 5.60 Å². The second kappa shape index (κ2) is 6.35. The van der Waals surface area contributed by atoms with Crippen LogP contribution in [0.5, 0.6) is 0 Å². The highest BCUT2D eigenvalue weighted by Gasteiger charge is 2.47. The Kier molecular flexibility index (Phi) is 5.17. The van der Waals surface area contributed by atoms with E-state index in [1.165, 1.54) is 12.8 Å². The molecule has 0 bridgehead atoms. The minimum absolute atomic E-state index is 0.277. The Balaban J connectivity index is 2.44. The van der Waals surface area contributed by atoms with Gasteiger partial charge >= 0.3 is 0 Å². The molecule has 0 radical (unpaired) electrons. The summed E-state index contributed by atoms with van der Waals surface area (Å²) in [5.74, 6) is 0. The predicted octanol–water partition coefficient (Wildman–Crippen LogP) is 4.61. The summed E-state index contributed by atoms with van der Waals surface area (Å²) in [5, 5.41) is 11.9. The molecule has 4 heteroatoms. The number of hydrogen-bond acceptors (Lipinski definition) is 2. The molecular weight excluding hydrogens is 338 g/mol. The Morgan fingerprint density at radius 1 is 1.30 bits per heavy atom. The lowest BCUT2D eigenvalue weighted by molar-refractivity contribution is -0.0813. The van der Waals surface area contributed by atoms with E-state index >= 15 is 0 Å². The van der Waals surface area contributed by atoms with Gasteiger partial charge in [-0.25, -0.2) is 0 Å². The summed E-state index contributed by atoms with van der Waals surface area (Å²) < 4.78 is 0.921. The molecule has 3 N–H and O–H groups in total. The van der Waals surface area contributed by atoms with Gasteiger partial charge in [-0.1, -0.05) is 59.3 Å². The number of nitrogens with two attached hydrogens (primary N) is 1. The van der Waals surface area contributed by atoms with E-state index in [9.17, 15) is 5.11 Å². The highest BCUT2D eigenvalue weighted by atomic mass is 79.9. The quantitative estimate of drug-likeness (QED) is 0.773. The van der Waals surface area contributed by atoms with Gasteiger partial charge in [0.15, 0.2) is 0 Å². The van der Waals surface area contributed by atoms with Crippen LogP contribution in [0.15, 0.2) is 22.7 Å². The van der Waals surface area contributed by atoms with Crippen molar-refractivity contribution in [3.63, 3.8) is 0 Å². The van der Waals surface area contributed by atoms with Crippen LogP contribution in [0, 0.1) is 5.41 Å². The molecule has 20 heavy (non-hydrogen) atoms. The SMILES string of the molecule is CC(O)(c1ccc(Br)cc1Cl)C1(CN)CCCCCC1. The van der Waals surface area contributed by atoms with Gasteiger partial charge in [-0.3, -0.25) is 0 Å². The molecule has 1 aliphatic rings. The zero-order valence-corrected chi connectivity index (χ0v) is 14.3. The average molecular weight is 361 g/mol. The first-order chi connectivity index (χ1) is 9.43. The minimum atomic E-state index is -0.996. The minimum Gasteiger partial charge on any atom is -0.385 e. The number of benzene rings is 1. The molecule has 0 spiro atoms. The molecule has 1 aromatic carbocycles. The molecule has 1 saturated carbocycles. The number of hydrogen-bond donors (Lipinski definition) is 2. The maximum absolute atomic E-state index is 11.3. The average Bonchev–Trinajstić information content (AvgIpc) is 2.64. The second-order valence-corrected chi connectivity index (χ2v) is 7.42. The fraction of sp³-hybridized carbons (Fsp3) is 0.625. The lowest BCUT2D eigenvalue weighted by Crippen LogP contribution is -2.48. The third-order valence-electron chi connectivity index (χ3n) is 4.94. The summed E-state index contributed by atoms with van der Waals surface area (Å²) in [6.07, 6.45) is 6.63. The summed E-state index contributed by atoms with van der Waals surface area (Å²) in [6.45, 7) is 2.37. The first-order valence-corrected chi connectivity index (χ1v) is 8.48. The van der Waals surface area contributed by atoms with Crippen molar-refractivity contribution in [3.8, 4) is 0 Å². The van der Waals surface area contributed by atoms with Crippen LogP contribution in [0.4, 0.5) is 0 Å². The highest BCUT2D eigenvalue weighted by Crippen LogP contribution is 2.50. The summed E-state index contributed by atoms with van der Waals surface area (Å²) in [7, 11) is 0. The first-order valence-electron chi connectivity index (χ1n) is 7.31. The van der Waals surface area contributed by atoms with E-state index in [1.807, 2.05) is 25.1 Å². The van der Waals surface area contributed by atoms with Crippen molar-refractivity contribution >= 4 is 27.5 Å². The maximum Gasteiger partial charge on any atom is 0.0950 e. The van der Waals surface area contributed by atoms with E-state index in [2.05, 4.69) is 15.9 Å². The molecule has 2 nitrogen and oxygen atoms in total. The van der Waals surface area contributed by atoms with Crippen molar-refractivity contribution in [1.82, 2.24) is 0 Å². The summed E-state index contributed by atoms with van der Waals surface area (Å²) >= 11 is 9.77. The monoisotopic (exact) mass is 359 g/mol. The van der Waals surface area contributed by atoms with Gasteiger partial charge in [-0.05, 0) is 31.9 Å². The van der Waals surface area contributed by atoms with Crippen LogP contribution in [-0.4, -0.2) is 11.7 Å². The van der Waals surface area contributed by atoms with E-state index in [1.54, 1.807) is 0 Å². The molecule has 1 aliphatic carbocycles. The molecule has 2 rings (SSSR count). The van der Waals surface area contributed by atoms with E-state index in [0.717, 1.165) is 35.7 Å². The first kappa shape index (κ1) is 16.3. The second-order valence-electron chi connectivity index (χ2n) is 6.10. The normalized spacial score (nSPS) is 22.1. The fourth-order valence-electron chi connectivity index (χ4n) is 3.46. The number of rotatable bonds is 3.